The summed E-state index contributed by atoms with van der Waals surface area (Å²) < 4.78 is 12.6. The van der Waals surface area contributed by atoms with Gasteiger partial charge in [-0.1, -0.05) is 12.1 Å². The zero-order valence-corrected chi connectivity index (χ0v) is 12.8. The number of hydrogen-bond donors (Lipinski definition) is 1. The van der Waals surface area contributed by atoms with Crippen LogP contribution < -0.4 is 9.47 Å². The highest BCUT2D eigenvalue weighted by atomic mass is 16.5. The van der Waals surface area contributed by atoms with Gasteiger partial charge in [0, 0.05) is 30.1 Å². The Hall–Kier alpha value is -3.02. The van der Waals surface area contributed by atoms with Gasteiger partial charge in [0.15, 0.2) is 0 Å². The largest absolute Gasteiger partial charge is 0.496 e. The van der Waals surface area contributed by atoms with E-state index in [1.165, 1.54) is 10.5 Å². The number of carbonyl (C=O) groups is 1. The molecule has 6 heteroatoms. The molecule has 118 valence electrons. The summed E-state index contributed by atoms with van der Waals surface area (Å²) in [6.45, 7) is 2.26. The molecule has 1 N–H and O–H groups in total. The molecule has 23 heavy (non-hydrogen) atoms. The van der Waals surface area contributed by atoms with Crippen LogP contribution in [-0.4, -0.2) is 27.6 Å². The Morgan fingerprint density at radius 2 is 2.13 bits per heavy atom. The lowest BCUT2D eigenvalue weighted by Crippen LogP contribution is -2.06. The molecule has 3 aromatic rings. The molecule has 0 atom stereocenters. The van der Waals surface area contributed by atoms with E-state index >= 15 is 0 Å². The van der Waals surface area contributed by atoms with Crippen LogP contribution in [0.15, 0.2) is 42.7 Å². The first-order valence-electron chi connectivity index (χ1n) is 7.05. The van der Waals surface area contributed by atoms with Gasteiger partial charge in [0.1, 0.15) is 29.4 Å². The van der Waals surface area contributed by atoms with E-state index in [4.69, 9.17) is 9.47 Å². The molecule has 0 spiro atoms. The Bertz CT molecular complexity index is 870. The van der Waals surface area contributed by atoms with Crippen molar-refractivity contribution in [1.29, 1.82) is 0 Å². The van der Waals surface area contributed by atoms with E-state index in [1.807, 2.05) is 25.1 Å². The second-order valence-corrected chi connectivity index (χ2v) is 5.14. The lowest BCUT2D eigenvalue weighted by atomic mass is 10.1. The van der Waals surface area contributed by atoms with Gasteiger partial charge in [-0.25, -0.2) is 9.78 Å². The topological polar surface area (TPSA) is 73.1 Å². The van der Waals surface area contributed by atoms with Gasteiger partial charge in [-0.15, -0.1) is 0 Å². The van der Waals surface area contributed by atoms with Crippen molar-refractivity contribution in [1.82, 2.24) is 9.38 Å². The highest BCUT2D eigenvalue weighted by Gasteiger charge is 2.12. The maximum absolute atomic E-state index is 11.4. The molecular weight excluding hydrogens is 296 g/mol. The predicted molar refractivity (Wildman–Crippen MR) is 84.2 cm³/mol. The summed E-state index contributed by atoms with van der Waals surface area (Å²) in [5.74, 6) is 0.153. The summed E-state index contributed by atoms with van der Waals surface area (Å²) >= 11 is 0. The number of fused-ring (bicyclic) bond motifs is 1. The van der Waals surface area contributed by atoms with Crippen LogP contribution >= 0.6 is 0 Å². The molecule has 0 unspecified atom stereocenters. The fraction of sp³-hybridized carbons (Fsp3) is 0.176. The van der Waals surface area contributed by atoms with Gasteiger partial charge in [0.2, 0.25) is 0 Å². The zero-order valence-electron chi connectivity index (χ0n) is 12.8. The molecule has 0 aliphatic rings. The average molecular weight is 312 g/mol. The van der Waals surface area contributed by atoms with Crippen molar-refractivity contribution in [3.8, 4) is 11.5 Å². The number of rotatable bonds is 5. The number of nitrogens with zero attached hydrogens (tertiary/aromatic N) is 2. The maximum atomic E-state index is 11.4. The van der Waals surface area contributed by atoms with Gasteiger partial charge >= 0.3 is 5.97 Å². The number of aryl methyl sites for hydroxylation is 1. The van der Waals surface area contributed by atoms with Gasteiger partial charge in [-0.2, -0.15) is 0 Å². The summed E-state index contributed by atoms with van der Waals surface area (Å²) in [6, 6.07) is 9.02. The van der Waals surface area contributed by atoms with Crippen LogP contribution in [0.4, 0.5) is 0 Å². The Labute approximate surface area is 132 Å². The normalized spacial score (nSPS) is 10.7. The SMILES string of the molecule is COc1cc(C)ccc1COc1cc(C(=O)O)n2ccnc2c1. The van der Waals surface area contributed by atoms with Gasteiger partial charge in [-0.05, 0) is 18.6 Å². The van der Waals surface area contributed by atoms with Gasteiger partial charge in [0.25, 0.3) is 0 Å². The lowest BCUT2D eigenvalue weighted by molar-refractivity contribution is 0.0688. The van der Waals surface area contributed by atoms with Crippen molar-refractivity contribution >= 4 is 11.6 Å². The van der Waals surface area contributed by atoms with Crippen LogP contribution in [0.3, 0.4) is 0 Å². The number of carboxylic acids is 1. The average Bonchev–Trinajstić information content (AvgIpc) is 3.00. The molecular formula is C17H16N2O4. The zero-order chi connectivity index (χ0) is 16.4. The summed E-state index contributed by atoms with van der Waals surface area (Å²) in [5.41, 5.74) is 2.61. The van der Waals surface area contributed by atoms with Crippen molar-refractivity contribution in [3.63, 3.8) is 0 Å². The Morgan fingerprint density at radius 3 is 2.87 bits per heavy atom. The number of aromatic nitrogens is 2. The summed E-state index contributed by atoms with van der Waals surface area (Å²) in [6.07, 6.45) is 3.15. The highest BCUT2D eigenvalue weighted by Crippen LogP contribution is 2.23. The number of pyridine rings is 1. The van der Waals surface area contributed by atoms with Crippen molar-refractivity contribution in [2.24, 2.45) is 0 Å². The number of aromatic carboxylic acids is 1. The Balaban J connectivity index is 1.89. The molecule has 0 amide bonds. The summed E-state index contributed by atoms with van der Waals surface area (Å²) in [5, 5.41) is 9.30. The summed E-state index contributed by atoms with van der Waals surface area (Å²) in [7, 11) is 1.61. The molecule has 6 nitrogen and oxygen atoms in total. The third-order valence-electron chi connectivity index (χ3n) is 3.54. The number of carboxylic acid groups (broad SMARTS) is 1. The summed E-state index contributed by atoms with van der Waals surface area (Å²) in [4.78, 5) is 15.5. The van der Waals surface area contributed by atoms with E-state index in [2.05, 4.69) is 4.98 Å². The van der Waals surface area contributed by atoms with Crippen molar-refractivity contribution < 1.29 is 19.4 Å². The number of ether oxygens (including phenoxy) is 2. The molecule has 0 aliphatic heterocycles. The van der Waals surface area contributed by atoms with Crippen LogP contribution in [0.25, 0.3) is 5.65 Å². The molecule has 1 aromatic carbocycles. The van der Waals surface area contributed by atoms with E-state index in [1.54, 1.807) is 25.6 Å². The minimum Gasteiger partial charge on any atom is -0.496 e. The van der Waals surface area contributed by atoms with Crippen LogP contribution in [-0.2, 0) is 6.61 Å². The molecule has 3 rings (SSSR count). The number of imidazole rings is 1. The molecule has 2 aromatic heterocycles. The second-order valence-electron chi connectivity index (χ2n) is 5.14. The van der Waals surface area contributed by atoms with Crippen LogP contribution in [0.2, 0.25) is 0 Å². The first-order valence-corrected chi connectivity index (χ1v) is 7.05. The first-order chi connectivity index (χ1) is 11.1. The molecule has 0 saturated carbocycles. The van der Waals surface area contributed by atoms with Gasteiger partial charge in [0.05, 0.1) is 7.11 Å². The maximum Gasteiger partial charge on any atom is 0.353 e. The van der Waals surface area contributed by atoms with Crippen molar-refractivity contribution in [2.45, 2.75) is 13.5 Å². The van der Waals surface area contributed by atoms with Crippen molar-refractivity contribution in [2.75, 3.05) is 7.11 Å². The van der Waals surface area contributed by atoms with Crippen molar-refractivity contribution in [3.05, 3.63) is 59.5 Å². The lowest BCUT2D eigenvalue weighted by Gasteiger charge is -2.12. The van der Waals surface area contributed by atoms with E-state index < -0.39 is 5.97 Å². The van der Waals surface area contributed by atoms with Crippen LogP contribution in [0.1, 0.15) is 21.6 Å². The highest BCUT2D eigenvalue weighted by molar-refractivity contribution is 5.87. The smallest absolute Gasteiger partial charge is 0.353 e. The quantitative estimate of drug-likeness (QED) is 0.784. The number of methoxy groups -OCH3 is 1. The Kier molecular flexibility index (Phi) is 3.89. The Morgan fingerprint density at radius 1 is 1.30 bits per heavy atom. The molecule has 0 radical (unpaired) electrons. The third kappa shape index (κ3) is 2.96. The fourth-order valence-electron chi connectivity index (χ4n) is 2.38. The van der Waals surface area contributed by atoms with E-state index in [9.17, 15) is 9.90 Å². The minimum atomic E-state index is -1.04. The first kappa shape index (κ1) is 14.9. The standard InChI is InChI=1S/C17H16N2O4/c1-11-3-4-12(15(7-11)22-2)10-23-13-8-14(17(20)21)19-6-5-18-16(19)9-13/h3-9H,10H2,1-2H3,(H,20,21). The van der Waals surface area contributed by atoms with E-state index in [0.29, 0.717) is 11.4 Å². The third-order valence-corrected chi connectivity index (χ3v) is 3.54. The number of hydrogen-bond acceptors (Lipinski definition) is 4. The van der Waals surface area contributed by atoms with E-state index in [0.717, 1.165) is 16.9 Å². The van der Waals surface area contributed by atoms with Gasteiger partial charge in [-0.3, -0.25) is 4.40 Å². The molecule has 0 saturated heterocycles. The minimum absolute atomic E-state index is 0.103. The number of benzene rings is 1. The molecule has 0 aliphatic carbocycles. The second kappa shape index (κ2) is 6.00. The van der Waals surface area contributed by atoms with Crippen LogP contribution in [0.5, 0.6) is 11.5 Å². The van der Waals surface area contributed by atoms with Crippen LogP contribution in [0, 0.1) is 6.92 Å². The monoisotopic (exact) mass is 312 g/mol. The molecule has 0 fully saturated rings. The van der Waals surface area contributed by atoms with Gasteiger partial charge < -0.3 is 14.6 Å². The molecule has 0 bridgehead atoms. The predicted octanol–water partition coefficient (Wildman–Crippen LogP) is 2.93. The van der Waals surface area contributed by atoms with E-state index in [-0.39, 0.29) is 12.3 Å². The fourth-order valence-corrected chi connectivity index (χ4v) is 2.38. The molecule has 2 heterocycles.